The maximum absolute atomic E-state index is 12.9. The van der Waals surface area contributed by atoms with Gasteiger partial charge in [0.1, 0.15) is 5.75 Å². The number of benzene rings is 2. The predicted molar refractivity (Wildman–Crippen MR) is 111 cm³/mol. The van der Waals surface area contributed by atoms with Crippen LogP contribution in [0, 0.1) is 0 Å². The molecule has 0 aliphatic carbocycles. The number of carbonyl (C=O) groups excluding carboxylic acids is 2. The Kier molecular flexibility index (Phi) is 6.53. The first kappa shape index (κ1) is 19.7. The fourth-order valence-electron chi connectivity index (χ4n) is 3.51. The Balaban J connectivity index is 1.62. The van der Waals surface area contributed by atoms with Crippen molar-refractivity contribution >= 4 is 23.2 Å². The standard InChI is InChI=1S/C22H27N3O3/c1-3-13-25(15-21(26)23-18-9-5-7-11-20(18)28-2)22(27)16-24-14-12-17-8-4-6-10-19(17)24/h4-11H,3,12-16H2,1-2H3,(H,23,26). The number of hydrogen-bond acceptors (Lipinski definition) is 4. The number of fused-ring (bicyclic) bond motifs is 1. The van der Waals surface area contributed by atoms with Crippen LogP contribution in [0.2, 0.25) is 0 Å². The predicted octanol–water partition coefficient (Wildman–Crippen LogP) is 2.94. The largest absolute Gasteiger partial charge is 0.495 e. The highest BCUT2D eigenvalue weighted by Crippen LogP contribution is 2.27. The number of nitrogens with zero attached hydrogens (tertiary/aromatic N) is 2. The molecule has 1 heterocycles. The van der Waals surface area contributed by atoms with Crippen LogP contribution in [0.4, 0.5) is 11.4 Å². The van der Waals surface area contributed by atoms with Gasteiger partial charge in [0, 0.05) is 18.8 Å². The molecule has 3 rings (SSSR count). The minimum absolute atomic E-state index is 0.0280. The second-order valence-electron chi connectivity index (χ2n) is 6.86. The summed E-state index contributed by atoms with van der Waals surface area (Å²) in [5.41, 5.74) is 2.99. The van der Waals surface area contributed by atoms with Gasteiger partial charge in [0.15, 0.2) is 0 Å². The fourth-order valence-corrected chi connectivity index (χ4v) is 3.51. The first-order chi connectivity index (χ1) is 13.6. The molecule has 2 aromatic rings. The number of rotatable bonds is 8. The Morgan fingerprint density at radius 2 is 1.89 bits per heavy atom. The normalized spacial score (nSPS) is 12.4. The van der Waals surface area contributed by atoms with Gasteiger partial charge < -0.3 is 19.9 Å². The van der Waals surface area contributed by atoms with Crippen molar-refractivity contribution in [2.75, 3.05) is 43.5 Å². The number of hydrogen-bond donors (Lipinski definition) is 1. The molecule has 6 nitrogen and oxygen atoms in total. The van der Waals surface area contributed by atoms with E-state index in [-0.39, 0.29) is 18.4 Å². The number of anilines is 2. The van der Waals surface area contributed by atoms with E-state index in [1.54, 1.807) is 24.1 Å². The first-order valence-corrected chi connectivity index (χ1v) is 9.66. The topological polar surface area (TPSA) is 61.9 Å². The number of amides is 2. The lowest BCUT2D eigenvalue weighted by Gasteiger charge is -2.26. The number of carbonyl (C=O) groups is 2. The molecule has 148 valence electrons. The number of nitrogens with one attached hydrogen (secondary N) is 1. The van der Waals surface area contributed by atoms with Crippen LogP contribution in [-0.4, -0.2) is 50.0 Å². The summed E-state index contributed by atoms with van der Waals surface area (Å²) in [4.78, 5) is 29.1. The van der Waals surface area contributed by atoms with Crippen molar-refractivity contribution < 1.29 is 14.3 Å². The third-order valence-electron chi connectivity index (χ3n) is 4.87. The van der Waals surface area contributed by atoms with Crippen molar-refractivity contribution in [1.29, 1.82) is 0 Å². The van der Waals surface area contributed by atoms with Gasteiger partial charge in [-0.05, 0) is 36.6 Å². The SMILES string of the molecule is CCCN(CC(=O)Nc1ccccc1OC)C(=O)CN1CCc2ccccc21. The minimum Gasteiger partial charge on any atom is -0.495 e. The third kappa shape index (κ3) is 4.63. The van der Waals surface area contributed by atoms with E-state index in [1.807, 2.05) is 37.3 Å². The zero-order chi connectivity index (χ0) is 19.9. The molecular formula is C22H27N3O3. The Labute approximate surface area is 166 Å². The molecular weight excluding hydrogens is 354 g/mol. The molecule has 0 atom stereocenters. The Morgan fingerprint density at radius 1 is 1.14 bits per heavy atom. The van der Waals surface area contributed by atoms with E-state index >= 15 is 0 Å². The molecule has 1 aliphatic rings. The second kappa shape index (κ2) is 9.26. The molecule has 0 aromatic heterocycles. The van der Waals surface area contributed by atoms with Crippen LogP contribution < -0.4 is 15.0 Å². The summed E-state index contributed by atoms with van der Waals surface area (Å²) in [5.74, 6) is 0.333. The van der Waals surface area contributed by atoms with E-state index in [9.17, 15) is 9.59 Å². The van der Waals surface area contributed by atoms with Crippen LogP contribution in [0.3, 0.4) is 0 Å². The monoisotopic (exact) mass is 381 g/mol. The molecule has 0 saturated carbocycles. The van der Waals surface area contributed by atoms with E-state index in [0.717, 1.165) is 25.1 Å². The average molecular weight is 381 g/mol. The Morgan fingerprint density at radius 3 is 2.68 bits per heavy atom. The number of ether oxygens (including phenoxy) is 1. The van der Waals surface area contributed by atoms with Crippen molar-refractivity contribution in [2.24, 2.45) is 0 Å². The highest BCUT2D eigenvalue weighted by atomic mass is 16.5. The molecule has 0 unspecified atom stereocenters. The minimum atomic E-state index is -0.229. The lowest BCUT2D eigenvalue weighted by Crippen LogP contribution is -2.44. The molecule has 2 aromatic carbocycles. The molecule has 2 amide bonds. The van der Waals surface area contributed by atoms with Gasteiger partial charge in [0.25, 0.3) is 0 Å². The molecule has 28 heavy (non-hydrogen) atoms. The first-order valence-electron chi connectivity index (χ1n) is 9.66. The van der Waals surface area contributed by atoms with E-state index in [4.69, 9.17) is 4.74 Å². The maximum Gasteiger partial charge on any atom is 0.244 e. The average Bonchev–Trinajstić information content (AvgIpc) is 3.11. The van der Waals surface area contributed by atoms with Gasteiger partial charge in [-0.15, -0.1) is 0 Å². The summed E-state index contributed by atoms with van der Waals surface area (Å²) in [6, 6.07) is 15.4. The lowest BCUT2D eigenvalue weighted by atomic mass is 10.2. The van der Waals surface area contributed by atoms with Gasteiger partial charge in [0.05, 0.1) is 25.9 Å². The van der Waals surface area contributed by atoms with E-state index in [2.05, 4.69) is 16.3 Å². The van der Waals surface area contributed by atoms with Crippen LogP contribution in [0.1, 0.15) is 18.9 Å². The summed E-state index contributed by atoms with van der Waals surface area (Å²) in [6.07, 6.45) is 1.75. The van der Waals surface area contributed by atoms with Crippen molar-refractivity contribution in [3.63, 3.8) is 0 Å². The van der Waals surface area contributed by atoms with Crippen molar-refractivity contribution in [2.45, 2.75) is 19.8 Å². The van der Waals surface area contributed by atoms with Crippen LogP contribution in [0.5, 0.6) is 5.75 Å². The Bertz CT molecular complexity index is 837. The summed E-state index contributed by atoms with van der Waals surface area (Å²) in [6.45, 7) is 3.70. The van der Waals surface area contributed by atoms with E-state index in [0.29, 0.717) is 24.5 Å². The maximum atomic E-state index is 12.9. The number of para-hydroxylation sites is 3. The summed E-state index contributed by atoms with van der Waals surface area (Å²) in [5, 5.41) is 2.84. The van der Waals surface area contributed by atoms with Gasteiger partial charge >= 0.3 is 0 Å². The third-order valence-corrected chi connectivity index (χ3v) is 4.87. The quantitative estimate of drug-likeness (QED) is 0.764. The molecule has 0 bridgehead atoms. The highest BCUT2D eigenvalue weighted by molar-refractivity contribution is 5.96. The molecule has 0 fully saturated rings. The summed E-state index contributed by atoms with van der Waals surface area (Å²) >= 11 is 0. The molecule has 0 spiro atoms. The van der Waals surface area contributed by atoms with Gasteiger partial charge in [0.2, 0.25) is 11.8 Å². The molecule has 1 N–H and O–H groups in total. The summed E-state index contributed by atoms with van der Waals surface area (Å²) < 4.78 is 5.27. The highest BCUT2D eigenvalue weighted by Gasteiger charge is 2.24. The van der Waals surface area contributed by atoms with Gasteiger partial charge in [-0.25, -0.2) is 0 Å². The molecule has 6 heteroatoms. The second-order valence-corrected chi connectivity index (χ2v) is 6.86. The molecule has 0 radical (unpaired) electrons. The molecule has 0 saturated heterocycles. The van der Waals surface area contributed by atoms with Crippen molar-refractivity contribution in [3.05, 3.63) is 54.1 Å². The van der Waals surface area contributed by atoms with Gasteiger partial charge in [-0.2, -0.15) is 0 Å². The Hall–Kier alpha value is -3.02. The van der Waals surface area contributed by atoms with Gasteiger partial charge in [-0.3, -0.25) is 9.59 Å². The van der Waals surface area contributed by atoms with Crippen molar-refractivity contribution in [3.8, 4) is 5.75 Å². The van der Waals surface area contributed by atoms with Crippen LogP contribution >= 0.6 is 0 Å². The summed E-state index contributed by atoms with van der Waals surface area (Å²) in [7, 11) is 1.56. The zero-order valence-electron chi connectivity index (χ0n) is 16.5. The number of methoxy groups -OCH3 is 1. The van der Waals surface area contributed by atoms with Crippen LogP contribution in [0.25, 0.3) is 0 Å². The lowest BCUT2D eigenvalue weighted by molar-refractivity contribution is -0.133. The van der Waals surface area contributed by atoms with E-state index in [1.165, 1.54) is 5.56 Å². The van der Waals surface area contributed by atoms with Crippen LogP contribution in [-0.2, 0) is 16.0 Å². The van der Waals surface area contributed by atoms with Gasteiger partial charge in [-0.1, -0.05) is 37.3 Å². The van der Waals surface area contributed by atoms with Crippen molar-refractivity contribution in [1.82, 2.24) is 4.90 Å². The fraction of sp³-hybridized carbons (Fsp3) is 0.364. The smallest absolute Gasteiger partial charge is 0.244 e. The van der Waals surface area contributed by atoms with Crippen LogP contribution in [0.15, 0.2) is 48.5 Å². The molecule has 1 aliphatic heterocycles. The van der Waals surface area contributed by atoms with E-state index < -0.39 is 0 Å². The zero-order valence-corrected chi connectivity index (χ0v) is 16.5.